The maximum atomic E-state index is 12.0. The molecule has 0 atom stereocenters. The van der Waals surface area contributed by atoms with E-state index in [9.17, 15) is 4.79 Å². The lowest BCUT2D eigenvalue weighted by Crippen LogP contribution is -2.36. The number of hydrogen-bond acceptors (Lipinski definition) is 4. The highest BCUT2D eigenvalue weighted by molar-refractivity contribution is 5.93. The minimum atomic E-state index is -0.0280. The van der Waals surface area contributed by atoms with Crippen molar-refractivity contribution >= 4 is 11.6 Å². The van der Waals surface area contributed by atoms with Crippen molar-refractivity contribution in [2.75, 3.05) is 31.6 Å². The fourth-order valence-corrected chi connectivity index (χ4v) is 1.96. The summed E-state index contributed by atoms with van der Waals surface area (Å²) in [7, 11) is 1.75. The molecule has 2 heterocycles. The Hall–Kier alpha value is -1.46. The Labute approximate surface area is 107 Å². The van der Waals surface area contributed by atoms with Crippen molar-refractivity contribution in [2.45, 2.75) is 18.9 Å². The van der Waals surface area contributed by atoms with Gasteiger partial charge < -0.3 is 15.0 Å². The highest BCUT2D eigenvalue weighted by Crippen LogP contribution is 2.11. The van der Waals surface area contributed by atoms with Crippen LogP contribution in [0.15, 0.2) is 24.5 Å². The number of likely N-dealkylation sites (N-methyl/N-ethyl adjacent to an activating group) is 1. The first-order valence-electron chi connectivity index (χ1n) is 6.26. The molecule has 0 aromatic carbocycles. The minimum Gasteiger partial charge on any atom is -0.368 e. The zero-order chi connectivity index (χ0) is 12.8. The van der Waals surface area contributed by atoms with E-state index in [4.69, 9.17) is 4.74 Å². The van der Waals surface area contributed by atoms with Gasteiger partial charge in [-0.3, -0.25) is 9.78 Å². The van der Waals surface area contributed by atoms with E-state index in [1.165, 1.54) is 0 Å². The summed E-state index contributed by atoms with van der Waals surface area (Å²) in [4.78, 5) is 17.5. The number of pyridine rings is 1. The molecule has 18 heavy (non-hydrogen) atoms. The molecule has 1 aliphatic rings. The number of carbonyl (C=O) groups is 1. The molecule has 0 spiro atoms. The summed E-state index contributed by atoms with van der Waals surface area (Å²) in [6, 6.07) is 3.62. The number of nitrogens with one attached hydrogen (secondary N) is 1. The van der Waals surface area contributed by atoms with E-state index in [-0.39, 0.29) is 18.6 Å². The van der Waals surface area contributed by atoms with Gasteiger partial charge in [-0.05, 0) is 38.1 Å². The third-order valence-corrected chi connectivity index (χ3v) is 3.15. The maximum Gasteiger partial charge on any atom is 0.252 e. The summed E-state index contributed by atoms with van der Waals surface area (Å²) >= 11 is 0. The Kier molecular flexibility index (Phi) is 4.66. The normalized spacial score (nSPS) is 16.5. The topological polar surface area (TPSA) is 54.5 Å². The fourth-order valence-electron chi connectivity index (χ4n) is 1.96. The summed E-state index contributed by atoms with van der Waals surface area (Å²) in [5, 5.41) is 3.27. The van der Waals surface area contributed by atoms with Crippen molar-refractivity contribution in [3.63, 3.8) is 0 Å². The maximum absolute atomic E-state index is 12.0. The third kappa shape index (κ3) is 3.51. The van der Waals surface area contributed by atoms with Gasteiger partial charge in [0.2, 0.25) is 0 Å². The van der Waals surface area contributed by atoms with E-state index in [0.29, 0.717) is 0 Å². The average molecular weight is 249 g/mol. The average Bonchev–Trinajstić information content (AvgIpc) is 2.46. The number of aromatic nitrogens is 1. The molecule has 1 amide bonds. The number of carbonyl (C=O) groups excluding carboxylic acids is 1. The molecular formula is C13H19N3O2. The van der Waals surface area contributed by atoms with Crippen LogP contribution in [-0.2, 0) is 9.53 Å². The number of piperidine rings is 1. The number of nitrogens with zero attached hydrogens (tertiary/aromatic N) is 2. The van der Waals surface area contributed by atoms with Crippen LogP contribution in [-0.4, -0.2) is 43.7 Å². The molecule has 1 aromatic heterocycles. The van der Waals surface area contributed by atoms with Crippen LogP contribution in [0.3, 0.4) is 0 Å². The van der Waals surface area contributed by atoms with Gasteiger partial charge in [0.05, 0.1) is 6.10 Å². The van der Waals surface area contributed by atoms with Crippen LogP contribution < -0.4 is 10.2 Å². The number of rotatable bonds is 4. The first kappa shape index (κ1) is 13.0. The number of hydrogen-bond donors (Lipinski definition) is 1. The molecule has 0 radical (unpaired) electrons. The summed E-state index contributed by atoms with van der Waals surface area (Å²) < 4.78 is 5.64. The van der Waals surface area contributed by atoms with Crippen LogP contribution in [0.1, 0.15) is 12.8 Å². The van der Waals surface area contributed by atoms with Gasteiger partial charge in [0.15, 0.2) is 0 Å². The van der Waals surface area contributed by atoms with E-state index in [1.54, 1.807) is 24.3 Å². The monoisotopic (exact) mass is 249 g/mol. The molecule has 5 heteroatoms. The highest BCUT2D eigenvalue weighted by Gasteiger charge is 2.17. The molecule has 1 fully saturated rings. The molecule has 5 nitrogen and oxygen atoms in total. The second-order valence-electron chi connectivity index (χ2n) is 4.42. The molecule has 2 rings (SSSR count). The molecule has 0 unspecified atom stereocenters. The van der Waals surface area contributed by atoms with Crippen molar-refractivity contribution in [1.82, 2.24) is 10.3 Å². The molecule has 98 valence electrons. The number of ether oxygens (including phenoxy) is 1. The van der Waals surface area contributed by atoms with E-state index in [1.807, 2.05) is 12.1 Å². The predicted molar refractivity (Wildman–Crippen MR) is 69.5 cm³/mol. The Bertz CT molecular complexity index is 377. The molecule has 0 bridgehead atoms. The number of anilines is 1. The molecular weight excluding hydrogens is 230 g/mol. The number of amides is 1. The van der Waals surface area contributed by atoms with E-state index < -0.39 is 0 Å². The van der Waals surface area contributed by atoms with Gasteiger partial charge in [-0.15, -0.1) is 0 Å². The second-order valence-corrected chi connectivity index (χ2v) is 4.42. The van der Waals surface area contributed by atoms with Crippen molar-refractivity contribution in [3.8, 4) is 0 Å². The molecule has 1 N–H and O–H groups in total. The summed E-state index contributed by atoms with van der Waals surface area (Å²) in [6.45, 7) is 2.08. The van der Waals surface area contributed by atoms with Crippen LogP contribution in [0.25, 0.3) is 0 Å². The molecule has 0 saturated carbocycles. The van der Waals surface area contributed by atoms with E-state index in [0.717, 1.165) is 31.6 Å². The standard InChI is InChI=1S/C13H19N3O2/c1-16(11-2-6-14-7-3-11)13(17)10-18-12-4-8-15-9-5-12/h2-3,6-7,12,15H,4-5,8-10H2,1H3. The Balaban J connectivity index is 1.80. The van der Waals surface area contributed by atoms with Gasteiger partial charge >= 0.3 is 0 Å². The Morgan fingerprint density at radius 2 is 2.11 bits per heavy atom. The van der Waals surface area contributed by atoms with Crippen molar-refractivity contribution in [2.24, 2.45) is 0 Å². The smallest absolute Gasteiger partial charge is 0.252 e. The largest absolute Gasteiger partial charge is 0.368 e. The van der Waals surface area contributed by atoms with Crippen LogP contribution >= 0.6 is 0 Å². The van der Waals surface area contributed by atoms with Gasteiger partial charge in [0.1, 0.15) is 6.61 Å². The van der Waals surface area contributed by atoms with Crippen LogP contribution in [0.2, 0.25) is 0 Å². The van der Waals surface area contributed by atoms with Crippen LogP contribution in [0.4, 0.5) is 5.69 Å². The highest BCUT2D eigenvalue weighted by atomic mass is 16.5. The fraction of sp³-hybridized carbons (Fsp3) is 0.538. The Morgan fingerprint density at radius 1 is 1.44 bits per heavy atom. The van der Waals surface area contributed by atoms with Gasteiger partial charge in [-0.1, -0.05) is 0 Å². The predicted octanol–water partition coefficient (Wildman–Crippen LogP) is 0.813. The minimum absolute atomic E-state index is 0.0280. The van der Waals surface area contributed by atoms with E-state index in [2.05, 4.69) is 10.3 Å². The summed E-state index contributed by atoms with van der Waals surface area (Å²) in [5.74, 6) is -0.0280. The second kappa shape index (κ2) is 6.47. The molecule has 1 aromatic rings. The van der Waals surface area contributed by atoms with Crippen molar-refractivity contribution in [3.05, 3.63) is 24.5 Å². The summed E-state index contributed by atoms with van der Waals surface area (Å²) in [6.07, 6.45) is 5.51. The molecule has 1 saturated heterocycles. The summed E-state index contributed by atoms with van der Waals surface area (Å²) in [5.41, 5.74) is 0.837. The van der Waals surface area contributed by atoms with Crippen molar-refractivity contribution < 1.29 is 9.53 Å². The van der Waals surface area contributed by atoms with Gasteiger partial charge in [-0.25, -0.2) is 0 Å². The first-order valence-corrected chi connectivity index (χ1v) is 6.26. The third-order valence-electron chi connectivity index (χ3n) is 3.15. The van der Waals surface area contributed by atoms with Crippen molar-refractivity contribution in [1.29, 1.82) is 0 Å². The lowest BCUT2D eigenvalue weighted by molar-refractivity contribution is -0.125. The SMILES string of the molecule is CN(C(=O)COC1CCNCC1)c1ccncc1. The quantitative estimate of drug-likeness (QED) is 0.858. The van der Waals surface area contributed by atoms with Gasteiger partial charge in [0, 0.05) is 25.1 Å². The zero-order valence-corrected chi connectivity index (χ0v) is 10.6. The van der Waals surface area contributed by atoms with Crippen LogP contribution in [0, 0.1) is 0 Å². The first-order chi connectivity index (χ1) is 8.77. The lowest BCUT2D eigenvalue weighted by atomic mass is 10.1. The lowest BCUT2D eigenvalue weighted by Gasteiger charge is -2.24. The Morgan fingerprint density at radius 3 is 2.78 bits per heavy atom. The molecule has 1 aliphatic heterocycles. The van der Waals surface area contributed by atoms with Crippen LogP contribution in [0.5, 0.6) is 0 Å². The molecule has 0 aliphatic carbocycles. The van der Waals surface area contributed by atoms with Gasteiger partial charge in [-0.2, -0.15) is 0 Å². The zero-order valence-electron chi connectivity index (χ0n) is 10.6. The van der Waals surface area contributed by atoms with E-state index >= 15 is 0 Å². The van der Waals surface area contributed by atoms with Gasteiger partial charge in [0.25, 0.3) is 5.91 Å².